The molecule has 9 nitrogen and oxygen atoms in total. The molecule has 0 spiro atoms. The number of nitrogens with two attached hydrogens (primary N) is 1. The maximum atomic E-state index is 13.1. The number of carbonyl (C=O) groups excluding carboxylic acids is 3. The van der Waals surface area contributed by atoms with E-state index in [1.54, 1.807) is 4.90 Å². The highest BCUT2D eigenvalue weighted by Gasteiger charge is 2.39. The quantitative estimate of drug-likeness (QED) is 0.364. The molecule has 3 aliphatic rings. The molecular weight excluding hydrogens is 396 g/mol. The SMILES string of the molecule is NCCN1CCN(CCNCc2cccc3c2C(=O)N(C2CCC(=O)NC2=O)C3)CC1. The van der Waals surface area contributed by atoms with E-state index in [1.165, 1.54) is 0 Å². The van der Waals surface area contributed by atoms with Crippen LogP contribution in [0.1, 0.15) is 34.3 Å². The van der Waals surface area contributed by atoms with Crippen LogP contribution in [0.3, 0.4) is 0 Å². The number of hydrogen-bond donors (Lipinski definition) is 3. The van der Waals surface area contributed by atoms with E-state index in [0.29, 0.717) is 31.6 Å². The molecule has 0 saturated carbocycles. The van der Waals surface area contributed by atoms with Gasteiger partial charge in [0.25, 0.3) is 5.91 Å². The summed E-state index contributed by atoms with van der Waals surface area (Å²) in [7, 11) is 0. The summed E-state index contributed by atoms with van der Waals surface area (Å²) < 4.78 is 0. The highest BCUT2D eigenvalue weighted by Crippen LogP contribution is 2.29. The second kappa shape index (κ2) is 9.86. The lowest BCUT2D eigenvalue weighted by molar-refractivity contribution is -0.136. The maximum Gasteiger partial charge on any atom is 0.255 e. The van der Waals surface area contributed by atoms with E-state index in [1.807, 2.05) is 18.2 Å². The molecule has 9 heteroatoms. The Morgan fingerprint density at radius 3 is 2.52 bits per heavy atom. The minimum Gasteiger partial charge on any atom is -0.329 e. The highest BCUT2D eigenvalue weighted by molar-refractivity contribution is 6.05. The van der Waals surface area contributed by atoms with Gasteiger partial charge in [-0.15, -0.1) is 0 Å². The van der Waals surface area contributed by atoms with Gasteiger partial charge >= 0.3 is 0 Å². The van der Waals surface area contributed by atoms with Gasteiger partial charge in [-0.3, -0.25) is 29.5 Å². The van der Waals surface area contributed by atoms with Gasteiger partial charge in [-0.05, 0) is 17.5 Å². The van der Waals surface area contributed by atoms with Crippen LogP contribution in [-0.2, 0) is 22.7 Å². The number of piperazine rings is 1. The number of piperidine rings is 1. The fourth-order valence-corrected chi connectivity index (χ4v) is 4.72. The zero-order valence-corrected chi connectivity index (χ0v) is 17.9. The molecular formula is C22H32N6O3. The number of rotatable bonds is 8. The number of amides is 3. The summed E-state index contributed by atoms with van der Waals surface area (Å²) in [5.74, 6) is -0.752. The predicted molar refractivity (Wildman–Crippen MR) is 116 cm³/mol. The van der Waals surface area contributed by atoms with E-state index >= 15 is 0 Å². The van der Waals surface area contributed by atoms with Crippen molar-refractivity contribution in [2.75, 3.05) is 52.4 Å². The Hall–Kier alpha value is -2.33. The smallest absolute Gasteiger partial charge is 0.255 e. The Kier molecular flexibility index (Phi) is 6.96. The number of nitrogens with zero attached hydrogens (tertiary/aromatic N) is 3. The third-order valence-electron chi connectivity index (χ3n) is 6.47. The zero-order valence-electron chi connectivity index (χ0n) is 17.9. The lowest BCUT2D eigenvalue weighted by Gasteiger charge is -2.34. The lowest BCUT2D eigenvalue weighted by Crippen LogP contribution is -2.52. The number of fused-ring (bicyclic) bond motifs is 1. The van der Waals surface area contributed by atoms with Crippen molar-refractivity contribution < 1.29 is 14.4 Å². The lowest BCUT2D eigenvalue weighted by atomic mass is 10.0. The van der Waals surface area contributed by atoms with Gasteiger partial charge in [0.1, 0.15) is 6.04 Å². The molecule has 2 saturated heterocycles. The molecule has 1 aromatic rings. The van der Waals surface area contributed by atoms with Crippen LogP contribution in [-0.4, -0.2) is 90.8 Å². The molecule has 3 heterocycles. The van der Waals surface area contributed by atoms with Crippen molar-refractivity contribution in [1.82, 2.24) is 25.3 Å². The van der Waals surface area contributed by atoms with E-state index in [-0.39, 0.29) is 24.1 Å². The molecule has 168 valence electrons. The topological polar surface area (TPSA) is 111 Å². The van der Waals surface area contributed by atoms with Gasteiger partial charge in [-0.2, -0.15) is 0 Å². The summed E-state index contributed by atoms with van der Waals surface area (Å²) in [5.41, 5.74) is 8.25. The van der Waals surface area contributed by atoms with Gasteiger partial charge in [0, 0.05) is 77.4 Å². The summed E-state index contributed by atoms with van der Waals surface area (Å²) in [6.45, 7) is 8.78. The predicted octanol–water partition coefficient (Wildman–Crippen LogP) is -0.886. The molecule has 0 aromatic heterocycles. The summed E-state index contributed by atoms with van der Waals surface area (Å²) in [5, 5.41) is 5.83. The fourth-order valence-electron chi connectivity index (χ4n) is 4.72. The third kappa shape index (κ3) is 4.95. The summed E-state index contributed by atoms with van der Waals surface area (Å²) in [6, 6.07) is 5.32. The molecule has 1 aromatic carbocycles. The number of carbonyl (C=O) groups is 3. The standard InChI is InChI=1S/C22H32N6O3/c23-6-8-26-10-12-27(13-11-26)9-7-24-14-16-2-1-3-17-15-28(22(31)20(16)17)18-4-5-19(29)25-21(18)30/h1-3,18,24H,4-15,23H2,(H,25,29,30). The van der Waals surface area contributed by atoms with Gasteiger partial charge < -0.3 is 16.0 Å². The van der Waals surface area contributed by atoms with Crippen molar-refractivity contribution in [1.29, 1.82) is 0 Å². The second-order valence-corrected chi connectivity index (χ2v) is 8.50. The van der Waals surface area contributed by atoms with Crippen molar-refractivity contribution in [3.63, 3.8) is 0 Å². The Bertz CT molecular complexity index is 837. The number of imide groups is 1. The van der Waals surface area contributed by atoms with Gasteiger partial charge in [-0.1, -0.05) is 18.2 Å². The molecule has 4 rings (SSSR count). The van der Waals surface area contributed by atoms with E-state index in [9.17, 15) is 14.4 Å². The first-order valence-electron chi connectivity index (χ1n) is 11.2. The third-order valence-corrected chi connectivity index (χ3v) is 6.47. The maximum absolute atomic E-state index is 13.1. The monoisotopic (exact) mass is 428 g/mol. The Morgan fingerprint density at radius 2 is 1.81 bits per heavy atom. The van der Waals surface area contributed by atoms with Crippen LogP contribution < -0.4 is 16.4 Å². The summed E-state index contributed by atoms with van der Waals surface area (Å²) in [4.78, 5) is 43.3. The first kappa shape index (κ1) is 21.9. The second-order valence-electron chi connectivity index (χ2n) is 8.50. The van der Waals surface area contributed by atoms with Crippen LogP contribution in [0.15, 0.2) is 18.2 Å². The van der Waals surface area contributed by atoms with Crippen LogP contribution in [0, 0.1) is 0 Å². The van der Waals surface area contributed by atoms with E-state index in [2.05, 4.69) is 20.4 Å². The molecule has 0 bridgehead atoms. The Morgan fingerprint density at radius 1 is 1.06 bits per heavy atom. The summed E-state index contributed by atoms with van der Waals surface area (Å²) >= 11 is 0. The average Bonchev–Trinajstić information content (AvgIpc) is 3.10. The average molecular weight is 429 g/mol. The zero-order chi connectivity index (χ0) is 21.8. The fraction of sp³-hybridized carbons (Fsp3) is 0.591. The first-order chi connectivity index (χ1) is 15.1. The van der Waals surface area contributed by atoms with Crippen molar-refractivity contribution >= 4 is 17.7 Å². The molecule has 0 radical (unpaired) electrons. The Labute approximate surface area is 182 Å². The molecule has 31 heavy (non-hydrogen) atoms. The molecule has 1 atom stereocenters. The first-order valence-corrected chi connectivity index (χ1v) is 11.2. The molecule has 3 amide bonds. The van der Waals surface area contributed by atoms with E-state index < -0.39 is 6.04 Å². The molecule has 3 aliphatic heterocycles. The van der Waals surface area contributed by atoms with Crippen molar-refractivity contribution in [3.05, 3.63) is 34.9 Å². The molecule has 1 unspecified atom stereocenters. The van der Waals surface area contributed by atoms with Gasteiger partial charge in [0.15, 0.2) is 0 Å². The number of benzene rings is 1. The van der Waals surface area contributed by atoms with Crippen LogP contribution in [0.5, 0.6) is 0 Å². The van der Waals surface area contributed by atoms with E-state index in [0.717, 1.165) is 56.9 Å². The van der Waals surface area contributed by atoms with Crippen LogP contribution in [0.4, 0.5) is 0 Å². The highest BCUT2D eigenvalue weighted by atomic mass is 16.2. The van der Waals surface area contributed by atoms with Crippen molar-refractivity contribution in [2.45, 2.75) is 32.0 Å². The van der Waals surface area contributed by atoms with Crippen LogP contribution in [0.2, 0.25) is 0 Å². The van der Waals surface area contributed by atoms with Crippen LogP contribution in [0.25, 0.3) is 0 Å². The number of nitrogens with one attached hydrogen (secondary N) is 2. The van der Waals surface area contributed by atoms with Gasteiger partial charge in [0.05, 0.1) is 0 Å². The Balaban J connectivity index is 1.29. The largest absolute Gasteiger partial charge is 0.329 e. The minimum atomic E-state index is -0.573. The molecule has 0 aliphatic carbocycles. The van der Waals surface area contributed by atoms with Crippen LogP contribution >= 0.6 is 0 Å². The molecule has 4 N–H and O–H groups in total. The minimum absolute atomic E-state index is 0.113. The van der Waals surface area contributed by atoms with Crippen molar-refractivity contribution in [3.8, 4) is 0 Å². The van der Waals surface area contributed by atoms with Gasteiger partial charge in [-0.25, -0.2) is 0 Å². The summed E-state index contributed by atoms with van der Waals surface area (Å²) in [6.07, 6.45) is 0.655. The normalized spacial score (nSPS) is 22.7. The number of hydrogen-bond acceptors (Lipinski definition) is 7. The van der Waals surface area contributed by atoms with Crippen molar-refractivity contribution in [2.24, 2.45) is 5.73 Å². The molecule has 2 fully saturated rings. The van der Waals surface area contributed by atoms with E-state index in [4.69, 9.17) is 5.73 Å². The van der Waals surface area contributed by atoms with Gasteiger partial charge in [0.2, 0.25) is 11.8 Å².